The number of esters is 2. The monoisotopic (exact) mass is 1080 g/mol. The van der Waals surface area contributed by atoms with Crippen LogP contribution in [0.5, 0.6) is 0 Å². The van der Waals surface area contributed by atoms with Crippen molar-refractivity contribution in [1.82, 2.24) is 0 Å². The second-order valence-electron chi connectivity index (χ2n) is 22.8. The van der Waals surface area contributed by atoms with Crippen LogP contribution in [0.3, 0.4) is 0 Å². The first-order valence-corrected chi connectivity index (χ1v) is 28.2. The molecule has 0 amide bonds. The molecule has 0 aromatic heterocycles. The zero-order chi connectivity index (χ0) is 49.3. The van der Waals surface area contributed by atoms with Gasteiger partial charge in [-0.3, -0.25) is 9.59 Å². The van der Waals surface area contributed by atoms with Crippen molar-refractivity contribution in [2.24, 2.45) is 63.1 Å². The van der Waals surface area contributed by atoms with Gasteiger partial charge >= 0.3 is 11.9 Å². The third-order valence-electron chi connectivity index (χ3n) is 19.3. The van der Waals surface area contributed by atoms with Crippen LogP contribution >= 0.6 is 31.9 Å². The van der Waals surface area contributed by atoms with Crippen LogP contribution in [0.25, 0.3) is 0 Å². The maximum atomic E-state index is 12.2. The zero-order valence-corrected chi connectivity index (χ0v) is 45.0. The Labute approximate surface area is 423 Å². The molecule has 0 radical (unpaired) electrons. The van der Waals surface area contributed by atoms with Crippen LogP contribution in [0.2, 0.25) is 0 Å². The average Bonchev–Trinajstić information content (AvgIpc) is 3.77. The van der Waals surface area contributed by atoms with E-state index >= 15 is 0 Å². The van der Waals surface area contributed by atoms with Crippen LogP contribution in [0.15, 0.2) is 36.3 Å². The van der Waals surface area contributed by atoms with E-state index in [-0.39, 0.29) is 93.7 Å². The maximum absolute atomic E-state index is 12.2. The van der Waals surface area contributed by atoms with Crippen molar-refractivity contribution in [3.63, 3.8) is 0 Å². The van der Waals surface area contributed by atoms with Gasteiger partial charge in [0.25, 0.3) is 0 Å². The molecular formula is C54H84Br2O12. The summed E-state index contributed by atoms with van der Waals surface area (Å²) in [4.78, 5) is 46.8. The standard InChI is InChI=1S/C27H43BrO6.C27H41BrO6/c2*1-5-7-16(3)33-34-18-8-10-26(4)17(12-18)13-22(30)24-19(26)9-11-27(15-29)20(24)14-21(28)25(27)32-23(31)6-2/h17-22,24-25,29-30H,3,5-15H2,1-2,4H3;13,18-22,24-25,29-30H,3,5-12,14-15H2,1-2,4H3/t17?,18-,19?,20?,21+,22-,24?,25-,26-,27+;18-,19?,20?,21+,22-,24?,25-,26-,27+/m00/s1. The van der Waals surface area contributed by atoms with Crippen LogP contribution < -0.4 is 0 Å². The summed E-state index contributed by atoms with van der Waals surface area (Å²) >= 11 is 7.56. The summed E-state index contributed by atoms with van der Waals surface area (Å²) < 4.78 is 11.8. The normalized spacial score (nSPS) is 44.4. The number of hydrogen-bond acceptors (Lipinski definition) is 12. The highest BCUT2D eigenvalue weighted by Gasteiger charge is 2.68. The van der Waals surface area contributed by atoms with E-state index in [2.05, 4.69) is 78.8 Å². The van der Waals surface area contributed by atoms with Crippen molar-refractivity contribution >= 4 is 43.8 Å². The summed E-state index contributed by atoms with van der Waals surface area (Å²) in [6, 6.07) is 0. The molecule has 0 aromatic carbocycles. The molecule has 19 atom stereocenters. The molecule has 8 aliphatic carbocycles. The number of alkyl halides is 2. The molecule has 0 saturated heterocycles. The van der Waals surface area contributed by atoms with E-state index < -0.39 is 23.0 Å². The van der Waals surface area contributed by atoms with E-state index in [1.165, 1.54) is 5.57 Å². The second kappa shape index (κ2) is 22.3. The molecule has 386 valence electrons. The molecule has 68 heavy (non-hydrogen) atoms. The van der Waals surface area contributed by atoms with E-state index in [1.807, 2.05) is 0 Å². The number of hydrogen-bond donors (Lipinski definition) is 4. The minimum atomic E-state index is -0.584. The van der Waals surface area contributed by atoms with E-state index in [9.17, 15) is 30.0 Å². The van der Waals surface area contributed by atoms with Crippen molar-refractivity contribution in [2.45, 2.75) is 210 Å². The molecule has 4 N–H and O–H groups in total. The summed E-state index contributed by atoms with van der Waals surface area (Å²) in [6.07, 6.45) is 15.9. The van der Waals surface area contributed by atoms with Gasteiger partial charge in [0, 0.05) is 36.5 Å². The topological polar surface area (TPSA) is 170 Å². The van der Waals surface area contributed by atoms with Crippen LogP contribution in [0.4, 0.5) is 0 Å². The van der Waals surface area contributed by atoms with E-state index in [0.717, 1.165) is 109 Å². The third-order valence-corrected chi connectivity index (χ3v) is 21.0. The minimum absolute atomic E-state index is 0.00753. The van der Waals surface area contributed by atoms with Crippen molar-refractivity contribution in [3.8, 4) is 0 Å². The molecule has 8 aliphatic rings. The SMILES string of the molecule is C=C(CCC)OO[C@H]1CC[C@@]2(C)C(=C[C@H](O)C3C4C[C@@H](Br)[C@H](OC(=O)CC)[C@@]4(CO)CCC32)C1.C=C(CCC)OO[C@H]1CC[C@@]2(C)C(C1)C[C@H](O)C1C2CC[C@@]2(CO)C1C[C@@H](Br)[C@@H]2OC(=O)CC. The molecule has 14 heteroatoms. The van der Waals surface area contributed by atoms with Gasteiger partial charge in [0.1, 0.15) is 35.9 Å². The Morgan fingerprint density at radius 3 is 1.72 bits per heavy atom. The molecule has 0 spiro atoms. The van der Waals surface area contributed by atoms with E-state index in [4.69, 9.17) is 29.0 Å². The molecule has 0 aromatic rings. The van der Waals surface area contributed by atoms with Crippen LogP contribution in [-0.4, -0.2) is 91.9 Å². The van der Waals surface area contributed by atoms with Crippen molar-refractivity contribution in [2.75, 3.05) is 13.2 Å². The van der Waals surface area contributed by atoms with Gasteiger partial charge in [-0.05, 0) is 149 Å². The highest BCUT2D eigenvalue weighted by atomic mass is 79.9. The first kappa shape index (κ1) is 54.3. The zero-order valence-electron chi connectivity index (χ0n) is 41.8. The summed E-state index contributed by atoms with van der Waals surface area (Å²) in [6.45, 7) is 20.3. The van der Waals surface area contributed by atoms with Gasteiger partial charge in [-0.25, -0.2) is 0 Å². The second-order valence-corrected chi connectivity index (χ2v) is 25.1. The molecule has 0 bridgehead atoms. The van der Waals surface area contributed by atoms with Crippen LogP contribution in [-0.2, 0) is 38.6 Å². The number of rotatable bonds is 16. The fraction of sp³-hybridized carbons (Fsp3) is 0.852. The number of carbonyl (C=O) groups excluding carboxylic acids is 2. The quantitative estimate of drug-likeness (QED) is 0.0289. The number of carbonyl (C=O) groups is 2. The fourth-order valence-corrected chi connectivity index (χ4v) is 17.8. The fourth-order valence-electron chi connectivity index (χ4n) is 15.8. The number of fused-ring (bicyclic) bond motifs is 10. The molecule has 7 unspecified atom stereocenters. The van der Waals surface area contributed by atoms with Crippen molar-refractivity contribution in [3.05, 3.63) is 36.3 Å². The molecule has 7 saturated carbocycles. The summed E-state index contributed by atoms with van der Waals surface area (Å²) in [5.74, 6) is 2.36. The van der Waals surface area contributed by atoms with Gasteiger partial charge in [-0.2, -0.15) is 9.78 Å². The Bertz CT molecular complexity index is 1830. The van der Waals surface area contributed by atoms with Crippen LogP contribution in [0, 0.1) is 63.1 Å². The Hall–Kier alpha value is -1.52. The van der Waals surface area contributed by atoms with Gasteiger partial charge in [0.2, 0.25) is 0 Å². The maximum Gasteiger partial charge on any atom is 0.305 e. The number of ether oxygens (including phenoxy) is 2. The van der Waals surface area contributed by atoms with E-state index in [1.54, 1.807) is 13.8 Å². The molecule has 12 nitrogen and oxygen atoms in total. The van der Waals surface area contributed by atoms with Gasteiger partial charge in [0.05, 0.1) is 35.1 Å². The lowest BCUT2D eigenvalue weighted by atomic mass is 9.44. The van der Waals surface area contributed by atoms with Gasteiger partial charge in [-0.15, -0.1) is 0 Å². The molecular weight excluding hydrogens is 1000 g/mol. The average molecular weight is 1090 g/mol. The largest absolute Gasteiger partial charge is 0.460 e. The number of aliphatic hydroxyl groups is 4. The lowest BCUT2D eigenvalue weighted by molar-refractivity contribution is -0.313. The predicted octanol–water partition coefficient (Wildman–Crippen LogP) is 10.5. The molecule has 7 fully saturated rings. The molecule has 0 aliphatic heterocycles. The Morgan fingerprint density at radius 1 is 0.676 bits per heavy atom. The first-order valence-electron chi connectivity index (χ1n) is 26.4. The van der Waals surface area contributed by atoms with Gasteiger partial charge in [-0.1, -0.05) is 98.2 Å². The predicted molar refractivity (Wildman–Crippen MR) is 266 cm³/mol. The third kappa shape index (κ3) is 10.1. The number of aliphatic hydroxyl groups excluding tert-OH is 4. The lowest BCUT2D eigenvalue weighted by Crippen LogP contribution is -2.60. The molecule has 0 heterocycles. The van der Waals surface area contributed by atoms with Gasteiger partial charge < -0.3 is 39.7 Å². The first-order chi connectivity index (χ1) is 32.4. The summed E-state index contributed by atoms with van der Waals surface area (Å²) in [5, 5.41) is 44.2. The van der Waals surface area contributed by atoms with E-state index in [0.29, 0.717) is 42.1 Å². The minimum Gasteiger partial charge on any atom is -0.460 e. The van der Waals surface area contributed by atoms with Crippen molar-refractivity contribution in [1.29, 1.82) is 0 Å². The summed E-state index contributed by atoms with van der Waals surface area (Å²) in [7, 11) is 0. The lowest BCUT2D eigenvalue weighted by Gasteiger charge is -2.62. The highest BCUT2D eigenvalue weighted by Crippen LogP contribution is 2.69. The number of halogens is 2. The molecule has 8 rings (SSSR count). The summed E-state index contributed by atoms with van der Waals surface area (Å²) in [5.41, 5.74) is 0.410. The Kier molecular flexibility index (Phi) is 17.8. The van der Waals surface area contributed by atoms with Crippen molar-refractivity contribution < 1.29 is 59.0 Å². The smallest absolute Gasteiger partial charge is 0.305 e. The number of allylic oxidation sites excluding steroid dienone is 2. The van der Waals surface area contributed by atoms with Crippen LogP contribution in [0.1, 0.15) is 164 Å². The van der Waals surface area contributed by atoms with Gasteiger partial charge in [0.15, 0.2) is 0 Å². The highest BCUT2D eigenvalue weighted by molar-refractivity contribution is 9.09. The Balaban J connectivity index is 0.000000201. The Morgan fingerprint density at radius 2 is 1.19 bits per heavy atom.